The van der Waals surface area contributed by atoms with Gasteiger partial charge in [-0.2, -0.15) is 0 Å². The molecule has 170 valence electrons. The molecule has 1 aromatic heterocycles. The minimum absolute atomic E-state index is 0.0576. The number of rotatable bonds is 11. The van der Waals surface area contributed by atoms with Crippen molar-refractivity contribution in [1.82, 2.24) is 4.98 Å². The van der Waals surface area contributed by atoms with E-state index < -0.39 is 18.2 Å². The van der Waals surface area contributed by atoms with Gasteiger partial charge in [0, 0.05) is 24.8 Å². The van der Waals surface area contributed by atoms with Crippen LogP contribution in [-0.4, -0.2) is 47.6 Å². The first kappa shape index (κ1) is 26.3. The van der Waals surface area contributed by atoms with E-state index in [0.29, 0.717) is 6.61 Å². The van der Waals surface area contributed by atoms with Gasteiger partial charge in [-0.15, -0.1) is 0 Å². The maximum atomic E-state index is 11.3. The van der Waals surface area contributed by atoms with E-state index in [9.17, 15) is 15.0 Å². The second-order valence-electron chi connectivity index (χ2n) is 8.68. The van der Waals surface area contributed by atoms with Crippen LogP contribution in [0.1, 0.15) is 100 Å². The maximum absolute atomic E-state index is 11.3. The summed E-state index contributed by atoms with van der Waals surface area (Å²) in [5.74, 6) is 0.218. The van der Waals surface area contributed by atoms with Gasteiger partial charge < -0.3 is 19.7 Å². The summed E-state index contributed by atoms with van der Waals surface area (Å²) in [7, 11) is 2.96. The van der Waals surface area contributed by atoms with Crippen LogP contribution in [0.3, 0.4) is 0 Å². The van der Waals surface area contributed by atoms with Gasteiger partial charge in [-0.1, -0.05) is 53.7 Å². The molecule has 1 aromatic rings. The van der Waals surface area contributed by atoms with Crippen molar-refractivity contribution in [3.8, 4) is 0 Å². The molecule has 0 fully saturated rings. The Hall–Kier alpha value is -1.76. The van der Waals surface area contributed by atoms with Crippen LogP contribution in [0.4, 0.5) is 0 Å². The Morgan fingerprint density at radius 2 is 1.60 bits per heavy atom. The van der Waals surface area contributed by atoms with Crippen molar-refractivity contribution in [2.24, 2.45) is 0 Å². The summed E-state index contributed by atoms with van der Waals surface area (Å²) in [6, 6.07) is 0. The van der Waals surface area contributed by atoms with Crippen molar-refractivity contribution >= 4 is 12.0 Å². The monoisotopic (exact) mass is 421 g/mol. The smallest absolute Gasteiger partial charge is 0.308 e. The molecule has 0 bridgehead atoms. The van der Waals surface area contributed by atoms with Crippen molar-refractivity contribution < 1.29 is 24.5 Å². The van der Waals surface area contributed by atoms with Crippen LogP contribution in [0.25, 0.3) is 6.08 Å². The van der Waals surface area contributed by atoms with E-state index in [1.807, 2.05) is 6.08 Å². The Balaban J connectivity index is 3.39. The number of aliphatic hydroxyl groups is 2. The zero-order valence-electron chi connectivity index (χ0n) is 19.7. The number of hydrogen-bond donors (Lipinski definition) is 2. The molecule has 0 aliphatic carbocycles. The van der Waals surface area contributed by atoms with E-state index in [4.69, 9.17) is 9.72 Å². The molecule has 0 amide bonds. The highest BCUT2D eigenvalue weighted by Gasteiger charge is 2.23. The number of aromatic nitrogens is 1. The van der Waals surface area contributed by atoms with Gasteiger partial charge in [-0.25, -0.2) is 0 Å². The third-order valence-corrected chi connectivity index (χ3v) is 5.03. The van der Waals surface area contributed by atoms with Crippen molar-refractivity contribution in [2.45, 2.75) is 91.0 Å². The first-order valence-electron chi connectivity index (χ1n) is 10.7. The fraction of sp³-hybridized carbons (Fsp3) is 0.667. The number of methoxy groups -OCH3 is 2. The van der Waals surface area contributed by atoms with Crippen molar-refractivity contribution in [2.75, 3.05) is 14.2 Å². The van der Waals surface area contributed by atoms with E-state index in [2.05, 4.69) is 46.3 Å². The lowest BCUT2D eigenvalue weighted by atomic mass is 9.85. The second-order valence-corrected chi connectivity index (χ2v) is 8.68. The molecule has 2 unspecified atom stereocenters. The summed E-state index contributed by atoms with van der Waals surface area (Å²) in [4.78, 5) is 16.3. The summed E-state index contributed by atoms with van der Waals surface area (Å²) in [5, 5.41) is 20.4. The molecule has 2 atom stereocenters. The number of nitrogens with zero attached hydrogens (tertiary/aromatic N) is 1. The third kappa shape index (κ3) is 7.18. The van der Waals surface area contributed by atoms with Gasteiger partial charge in [-0.05, 0) is 28.9 Å². The quantitative estimate of drug-likeness (QED) is 0.518. The van der Waals surface area contributed by atoms with Crippen LogP contribution >= 0.6 is 0 Å². The van der Waals surface area contributed by atoms with E-state index in [1.54, 1.807) is 13.2 Å². The normalized spacial score (nSPS) is 14.2. The summed E-state index contributed by atoms with van der Waals surface area (Å²) in [6.07, 6.45) is 1.63. The van der Waals surface area contributed by atoms with Crippen LogP contribution in [0.5, 0.6) is 0 Å². The van der Waals surface area contributed by atoms with Crippen LogP contribution in [0, 0.1) is 0 Å². The molecular weight excluding hydrogens is 382 g/mol. The van der Waals surface area contributed by atoms with Gasteiger partial charge in [0.1, 0.15) is 0 Å². The van der Waals surface area contributed by atoms with E-state index in [1.165, 1.54) is 12.7 Å². The molecule has 6 heteroatoms. The molecular formula is C24H39NO5. The predicted molar refractivity (Wildman–Crippen MR) is 120 cm³/mol. The van der Waals surface area contributed by atoms with E-state index in [0.717, 1.165) is 22.5 Å². The number of hydrogen-bond acceptors (Lipinski definition) is 6. The van der Waals surface area contributed by atoms with E-state index in [-0.39, 0.29) is 30.6 Å². The summed E-state index contributed by atoms with van der Waals surface area (Å²) in [6.45, 7) is 13.3. The fourth-order valence-corrected chi connectivity index (χ4v) is 3.67. The largest absolute Gasteiger partial charge is 0.469 e. The highest BCUT2D eigenvalue weighted by atomic mass is 16.5. The third-order valence-electron chi connectivity index (χ3n) is 5.03. The topological polar surface area (TPSA) is 88.9 Å². The molecule has 0 saturated heterocycles. The van der Waals surface area contributed by atoms with Gasteiger partial charge >= 0.3 is 5.97 Å². The first-order chi connectivity index (χ1) is 14.0. The molecule has 0 aliphatic heterocycles. The number of pyridine rings is 1. The van der Waals surface area contributed by atoms with Crippen LogP contribution in [-0.2, 0) is 20.9 Å². The van der Waals surface area contributed by atoms with Gasteiger partial charge in [-0.3, -0.25) is 9.78 Å². The SMILES string of the molecule is COCc1c(C(C)C)nc(C(C)C)c(C=CC(O)CC(O)CC(=O)OC)c1C(C)C. The van der Waals surface area contributed by atoms with Gasteiger partial charge in [0.25, 0.3) is 0 Å². The fourth-order valence-electron chi connectivity index (χ4n) is 3.67. The number of carbonyl (C=O) groups is 1. The Bertz CT molecular complexity index is 725. The van der Waals surface area contributed by atoms with Crippen LogP contribution in [0.15, 0.2) is 6.08 Å². The average Bonchev–Trinajstić information content (AvgIpc) is 2.65. The zero-order valence-corrected chi connectivity index (χ0v) is 19.7. The summed E-state index contributed by atoms with van der Waals surface area (Å²) >= 11 is 0. The highest BCUT2D eigenvalue weighted by molar-refractivity contribution is 5.69. The molecule has 30 heavy (non-hydrogen) atoms. The summed E-state index contributed by atoms with van der Waals surface area (Å²) < 4.78 is 10.1. The molecule has 2 N–H and O–H groups in total. The molecule has 1 rings (SSSR count). The van der Waals surface area contributed by atoms with Gasteiger partial charge in [0.05, 0.1) is 38.0 Å². The molecule has 1 heterocycles. The Labute approximate surface area is 181 Å². The summed E-state index contributed by atoms with van der Waals surface area (Å²) in [5.41, 5.74) is 5.32. The number of aliphatic hydroxyl groups excluding tert-OH is 2. The molecule has 0 aliphatic rings. The van der Waals surface area contributed by atoms with Crippen molar-refractivity contribution in [3.05, 3.63) is 34.2 Å². The number of esters is 1. The highest BCUT2D eigenvalue weighted by Crippen LogP contribution is 2.35. The molecule has 0 spiro atoms. The minimum atomic E-state index is -0.961. The van der Waals surface area contributed by atoms with E-state index >= 15 is 0 Å². The van der Waals surface area contributed by atoms with Gasteiger partial charge in [0.15, 0.2) is 0 Å². The van der Waals surface area contributed by atoms with Crippen LogP contribution in [0.2, 0.25) is 0 Å². The lowest BCUT2D eigenvalue weighted by molar-refractivity contribution is -0.143. The number of ether oxygens (including phenoxy) is 2. The molecule has 6 nitrogen and oxygen atoms in total. The molecule has 0 aromatic carbocycles. The lowest BCUT2D eigenvalue weighted by Gasteiger charge is -2.25. The minimum Gasteiger partial charge on any atom is -0.469 e. The van der Waals surface area contributed by atoms with Crippen molar-refractivity contribution in [1.29, 1.82) is 0 Å². The predicted octanol–water partition coefficient (Wildman–Crippen LogP) is 4.29. The zero-order chi connectivity index (χ0) is 23.0. The second kappa shape index (κ2) is 12.2. The Kier molecular flexibility index (Phi) is 10.7. The Morgan fingerprint density at radius 3 is 2.07 bits per heavy atom. The molecule has 0 saturated carbocycles. The number of carbonyl (C=O) groups excluding carboxylic acids is 1. The van der Waals surface area contributed by atoms with Gasteiger partial charge in [0.2, 0.25) is 0 Å². The lowest BCUT2D eigenvalue weighted by Crippen LogP contribution is -2.20. The first-order valence-corrected chi connectivity index (χ1v) is 10.7. The van der Waals surface area contributed by atoms with Crippen LogP contribution < -0.4 is 0 Å². The standard InChI is InChI=1S/C24H39NO5/c1-14(2)22-19(10-9-17(26)11-18(27)12-21(28)30-8)23(15(3)4)25-24(16(5)6)20(22)13-29-7/h9-10,14-18,26-27H,11-13H2,1-8H3. The average molecular weight is 422 g/mol. The van der Waals surface area contributed by atoms with Crippen molar-refractivity contribution in [3.63, 3.8) is 0 Å². The maximum Gasteiger partial charge on any atom is 0.308 e. The Morgan fingerprint density at radius 1 is 1.00 bits per heavy atom. The molecule has 0 radical (unpaired) electrons.